The smallest absolute Gasteiger partial charge is 0.257 e. The molecule has 0 aliphatic heterocycles. The molecule has 2 N–H and O–H groups in total. The van der Waals surface area contributed by atoms with E-state index in [2.05, 4.69) is 5.10 Å². The molecule has 0 saturated heterocycles. The van der Waals surface area contributed by atoms with Crippen molar-refractivity contribution in [1.82, 2.24) is 9.61 Å². The minimum atomic E-state index is 0.0854. The molecule has 2 aromatic rings. The third kappa shape index (κ3) is 1.39. The van der Waals surface area contributed by atoms with Crippen LogP contribution in [0.5, 0.6) is 5.88 Å². The molecule has 0 unspecified atom stereocenters. The third-order valence-corrected chi connectivity index (χ3v) is 1.89. The van der Waals surface area contributed by atoms with Gasteiger partial charge in [-0.2, -0.15) is 0 Å². The van der Waals surface area contributed by atoms with Gasteiger partial charge in [-0.1, -0.05) is 6.07 Å². The lowest BCUT2D eigenvalue weighted by Gasteiger charge is -2.05. The highest BCUT2D eigenvalue weighted by Gasteiger charge is 2.10. The van der Waals surface area contributed by atoms with E-state index < -0.39 is 0 Å². The number of aromatic nitrogens is 2. The van der Waals surface area contributed by atoms with Crippen LogP contribution in [0.4, 0.5) is 5.69 Å². The molecule has 0 aliphatic rings. The Balaban J connectivity index is 2.51. The molecule has 0 atom stereocenters. The van der Waals surface area contributed by atoms with Gasteiger partial charge in [0.25, 0.3) is 5.88 Å². The van der Waals surface area contributed by atoms with Gasteiger partial charge in [0.05, 0.1) is 11.6 Å². The average Bonchev–Trinajstić information content (AvgIpc) is 2.44. The number of pyridine rings is 1. The van der Waals surface area contributed by atoms with Gasteiger partial charge in [0.1, 0.15) is 5.69 Å². The molecule has 0 radical (unpaired) electrons. The van der Waals surface area contributed by atoms with Gasteiger partial charge in [-0.15, -0.1) is 5.10 Å². The van der Waals surface area contributed by atoms with Crippen LogP contribution in [0, 0.1) is 0 Å². The van der Waals surface area contributed by atoms with Crippen molar-refractivity contribution in [2.24, 2.45) is 0 Å². The van der Waals surface area contributed by atoms with Crippen molar-refractivity contribution in [3.05, 3.63) is 24.4 Å². The fraction of sp³-hybridized carbons (Fsp3) is 0.300. The SMILES string of the molecule is CC(C)Oc1nn2ccccc2c1N. The second-order valence-corrected chi connectivity index (χ2v) is 3.42. The zero-order valence-electron chi connectivity index (χ0n) is 8.27. The Labute approximate surface area is 82.3 Å². The summed E-state index contributed by atoms with van der Waals surface area (Å²) in [5.74, 6) is 0.506. The van der Waals surface area contributed by atoms with E-state index in [4.69, 9.17) is 10.5 Å². The van der Waals surface area contributed by atoms with Crippen LogP contribution in [0.15, 0.2) is 24.4 Å². The van der Waals surface area contributed by atoms with E-state index in [1.54, 1.807) is 4.52 Å². The van der Waals surface area contributed by atoms with E-state index in [1.807, 2.05) is 38.2 Å². The second-order valence-electron chi connectivity index (χ2n) is 3.42. The summed E-state index contributed by atoms with van der Waals surface area (Å²) in [4.78, 5) is 0. The maximum atomic E-state index is 5.88. The first-order chi connectivity index (χ1) is 6.68. The first-order valence-electron chi connectivity index (χ1n) is 4.58. The minimum absolute atomic E-state index is 0.0854. The number of nitrogens with two attached hydrogens (primary N) is 1. The molecule has 0 aromatic carbocycles. The lowest BCUT2D eigenvalue weighted by Crippen LogP contribution is -2.07. The summed E-state index contributed by atoms with van der Waals surface area (Å²) >= 11 is 0. The van der Waals surface area contributed by atoms with Crippen molar-refractivity contribution in [2.75, 3.05) is 5.73 Å². The lowest BCUT2D eigenvalue weighted by atomic mass is 10.3. The van der Waals surface area contributed by atoms with E-state index in [0.717, 1.165) is 5.52 Å². The van der Waals surface area contributed by atoms with Crippen LogP contribution in [0.2, 0.25) is 0 Å². The second kappa shape index (κ2) is 3.21. The summed E-state index contributed by atoms with van der Waals surface area (Å²) in [7, 11) is 0. The molecule has 4 heteroatoms. The molecular weight excluding hydrogens is 178 g/mol. The number of nitrogens with zero attached hydrogens (tertiary/aromatic N) is 2. The Hall–Kier alpha value is -1.71. The number of rotatable bonds is 2. The zero-order valence-corrected chi connectivity index (χ0v) is 8.27. The van der Waals surface area contributed by atoms with Gasteiger partial charge in [-0.25, -0.2) is 4.52 Å². The van der Waals surface area contributed by atoms with Crippen molar-refractivity contribution in [3.63, 3.8) is 0 Å². The Kier molecular flexibility index (Phi) is 2.04. The monoisotopic (exact) mass is 191 g/mol. The zero-order chi connectivity index (χ0) is 10.1. The van der Waals surface area contributed by atoms with Crippen LogP contribution >= 0.6 is 0 Å². The fourth-order valence-electron chi connectivity index (χ4n) is 1.31. The van der Waals surface area contributed by atoms with Gasteiger partial charge in [-0.05, 0) is 26.0 Å². The summed E-state index contributed by atoms with van der Waals surface area (Å²) in [6.45, 7) is 3.90. The van der Waals surface area contributed by atoms with Crippen molar-refractivity contribution >= 4 is 11.2 Å². The number of ether oxygens (including phenoxy) is 1. The Morgan fingerprint density at radius 2 is 2.21 bits per heavy atom. The van der Waals surface area contributed by atoms with Crippen molar-refractivity contribution in [2.45, 2.75) is 20.0 Å². The van der Waals surface area contributed by atoms with Gasteiger partial charge in [0, 0.05) is 6.20 Å². The number of nitrogen functional groups attached to an aromatic ring is 1. The number of anilines is 1. The molecule has 2 rings (SSSR count). The molecule has 0 amide bonds. The van der Waals surface area contributed by atoms with E-state index in [-0.39, 0.29) is 6.10 Å². The minimum Gasteiger partial charge on any atom is -0.472 e. The highest BCUT2D eigenvalue weighted by atomic mass is 16.5. The van der Waals surface area contributed by atoms with Crippen LogP contribution in [-0.4, -0.2) is 15.7 Å². The van der Waals surface area contributed by atoms with Crippen molar-refractivity contribution < 1.29 is 4.74 Å². The standard InChI is InChI=1S/C10H13N3O/c1-7(2)14-10-9(11)8-5-3-4-6-13(8)12-10/h3-7H,11H2,1-2H3. The van der Waals surface area contributed by atoms with E-state index in [1.165, 1.54) is 0 Å². The van der Waals surface area contributed by atoms with Crippen LogP contribution in [0.1, 0.15) is 13.8 Å². The summed E-state index contributed by atoms with van der Waals surface area (Å²) in [5, 5.41) is 4.22. The van der Waals surface area contributed by atoms with Crippen LogP contribution in [-0.2, 0) is 0 Å². The van der Waals surface area contributed by atoms with Crippen LogP contribution < -0.4 is 10.5 Å². The topological polar surface area (TPSA) is 52.5 Å². The molecule has 0 saturated carbocycles. The molecule has 0 aliphatic carbocycles. The normalized spacial score (nSPS) is 11.1. The largest absolute Gasteiger partial charge is 0.472 e. The third-order valence-electron chi connectivity index (χ3n) is 1.89. The Bertz CT molecular complexity index is 448. The first-order valence-corrected chi connectivity index (χ1v) is 4.58. The molecule has 0 bridgehead atoms. The van der Waals surface area contributed by atoms with Crippen molar-refractivity contribution in [3.8, 4) is 5.88 Å². The van der Waals surface area contributed by atoms with E-state index in [0.29, 0.717) is 11.6 Å². The van der Waals surface area contributed by atoms with Gasteiger partial charge in [0.2, 0.25) is 0 Å². The summed E-state index contributed by atoms with van der Waals surface area (Å²) in [6, 6.07) is 5.74. The van der Waals surface area contributed by atoms with Gasteiger partial charge >= 0.3 is 0 Å². The van der Waals surface area contributed by atoms with Gasteiger partial charge in [0.15, 0.2) is 0 Å². The number of hydrogen-bond acceptors (Lipinski definition) is 3. The van der Waals surface area contributed by atoms with E-state index in [9.17, 15) is 0 Å². The molecule has 74 valence electrons. The molecule has 0 fully saturated rings. The highest BCUT2D eigenvalue weighted by Crippen LogP contribution is 2.25. The quantitative estimate of drug-likeness (QED) is 0.786. The van der Waals surface area contributed by atoms with Gasteiger partial charge < -0.3 is 10.5 Å². The van der Waals surface area contributed by atoms with Gasteiger partial charge in [-0.3, -0.25) is 0 Å². The molecular formula is C10H13N3O. The molecule has 2 heterocycles. The Morgan fingerprint density at radius 1 is 1.43 bits per heavy atom. The lowest BCUT2D eigenvalue weighted by molar-refractivity contribution is 0.233. The summed E-state index contributed by atoms with van der Waals surface area (Å²) < 4.78 is 7.19. The van der Waals surface area contributed by atoms with E-state index >= 15 is 0 Å². The maximum Gasteiger partial charge on any atom is 0.257 e. The fourth-order valence-corrected chi connectivity index (χ4v) is 1.31. The van der Waals surface area contributed by atoms with Crippen molar-refractivity contribution in [1.29, 1.82) is 0 Å². The Morgan fingerprint density at radius 3 is 2.86 bits per heavy atom. The highest BCUT2D eigenvalue weighted by molar-refractivity contribution is 5.74. The summed E-state index contributed by atoms with van der Waals surface area (Å²) in [5.41, 5.74) is 7.35. The maximum absolute atomic E-state index is 5.88. The van der Waals surface area contributed by atoms with Crippen LogP contribution in [0.25, 0.3) is 5.52 Å². The molecule has 2 aromatic heterocycles. The predicted molar refractivity (Wildman–Crippen MR) is 55.4 cm³/mol. The molecule has 4 nitrogen and oxygen atoms in total. The first kappa shape index (κ1) is 8.87. The average molecular weight is 191 g/mol. The number of hydrogen-bond donors (Lipinski definition) is 1. The number of fused-ring (bicyclic) bond motifs is 1. The molecule has 0 spiro atoms. The van der Waals surface area contributed by atoms with Crippen LogP contribution in [0.3, 0.4) is 0 Å². The summed E-state index contributed by atoms with van der Waals surface area (Å²) in [6.07, 6.45) is 1.93. The molecule has 14 heavy (non-hydrogen) atoms. The predicted octanol–water partition coefficient (Wildman–Crippen LogP) is 1.70.